The molecular weight excluding hydrogens is 318 g/mol. The maximum Gasteiger partial charge on any atom is 0.426 e. The van der Waals surface area contributed by atoms with E-state index in [2.05, 4.69) is 0 Å². The van der Waals surface area contributed by atoms with E-state index in [1.54, 1.807) is 0 Å². The fourth-order valence-electron chi connectivity index (χ4n) is 1.59. The van der Waals surface area contributed by atoms with Crippen molar-refractivity contribution in [2.24, 2.45) is 0 Å². The molecule has 0 heterocycles. The molecule has 0 aliphatic carbocycles. The van der Waals surface area contributed by atoms with Crippen molar-refractivity contribution in [2.75, 3.05) is 0 Å². The molecule has 9 heteroatoms. The molecule has 0 saturated carbocycles. The van der Waals surface area contributed by atoms with Gasteiger partial charge in [-0.1, -0.05) is 24.3 Å². The lowest BCUT2D eigenvalue weighted by atomic mass is 9.92. The van der Waals surface area contributed by atoms with E-state index in [0.29, 0.717) is 0 Å². The Morgan fingerprint density at radius 3 is 1.59 bits per heavy atom. The topological polar surface area (TPSA) is 54.4 Å². The van der Waals surface area contributed by atoms with Gasteiger partial charge in [-0.2, -0.15) is 26.3 Å². The molecule has 0 aliphatic rings. The van der Waals surface area contributed by atoms with E-state index in [4.69, 9.17) is 5.11 Å². The van der Waals surface area contributed by atoms with Gasteiger partial charge in [0.05, 0.1) is 6.42 Å². The molecule has 0 aromatic heterocycles. The summed E-state index contributed by atoms with van der Waals surface area (Å²) >= 11 is 0. The first-order valence-corrected chi connectivity index (χ1v) is 5.79. The van der Waals surface area contributed by atoms with Crippen LogP contribution in [0.3, 0.4) is 0 Å². The standard InChI is InChI=1S/C13H10F6O3/c1-7(20)8-2-4-9(5-3-8)10(21)6-11(22,12(14,15)16)13(17,18)19/h2-5,22H,6H2,1H3. The van der Waals surface area contributed by atoms with Crippen LogP contribution < -0.4 is 0 Å². The van der Waals surface area contributed by atoms with Gasteiger partial charge in [-0.3, -0.25) is 9.59 Å². The van der Waals surface area contributed by atoms with Crippen LogP contribution >= 0.6 is 0 Å². The van der Waals surface area contributed by atoms with Gasteiger partial charge in [0, 0.05) is 11.1 Å². The number of carbonyl (C=O) groups excluding carboxylic acids is 2. The van der Waals surface area contributed by atoms with Gasteiger partial charge in [0.25, 0.3) is 5.60 Å². The minimum atomic E-state index is -6.06. The summed E-state index contributed by atoms with van der Waals surface area (Å²) in [5.41, 5.74) is -5.47. The van der Waals surface area contributed by atoms with Gasteiger partial charge in [-0.15, -0.1) is 0 Å². The van der Waals surface area contributed by atoms with Crippen molar-refractivity contribution < 1.29 is 41.0 Å². The maximum atomic E-state index is 12.5. The number of aliphatic hydroxyl groups is 1. The van der Waals surface area contributed by atoms with Crippen LogP contribution in [-0.4, -0.2) is 34.6 Å². The molecule has 0 radical (unpaired) electrons. The second-order valence-electron chi connectivity index (χ2n) is 4.59. The van der Waals surface area contributed by atoms with E-state index >= 15 is 0 Å². The predicted molar refractivity (Wildman–Crippen MR) is 62.5 cm³/mol. The summed E-state index contributed by atoms with van der Waals surface area (Å²) in [6, 6.07) is 4.03. The van der Waals surface area contributed by atoms with Crippen LogP contribution in [-0.2, 0) is 0 Å². The quantitative estimate of drug-likeness (QED) is 0.681. The molecule has 122 valence electrons. The minimum absolute atomic E-state index is 0.137. The Balaban J connectivity index is 3.10. The van der Waals surface area contributed by atoms with E-state index in [-0.39, 0.29) is 11.3 Å². The highest BCUT2D eigenvalue weighted by atomic mass is 19.4. The normalized spacial score (nSPS) is 13.1. The molecule has 0 spiro atoms. The molecule has 0 bridgehead atoms. The molecule has 0 saturated heterocycles. The summed E-state index contributed by atoms with van der Waals surface area (Å²) in [6.45, 7) is 1.20. The third-order valence-electron chi connectivity index (χ3n) is 2.97. The van der Waals surface area contributed by atoms with E-state index < -0.39 is 35.7 Å². The van der Waals surface area contributed by atoms with Gasteiger partial charge in [0.15, 0.2) is 11.6 Å². The maximum absolute atomic E-state index is 12.5. The number of benzene rings is 1. The van der Waals surface area contributed by atoms with E-state index in [1.165, 1.54) is 6.92 Å². The molecule has 3 nitrogen and oxygen atoms in total. The molecule has 1 rings (SSSR count). The van der Waals surface area contributed by atoms with Crippen LogP contribution in [0.25, 0.3) is 0 Å². The number of rotatable bonds is 4. The lowest BCUT2D eigenvalue weighted by Gasteiger charge is -2.31. The lowest BCUT2D eigenvalue weighted by molar-refractivity contribution is -0.365. The third kappa shape index (κ3) is 3.46. The first-order valence-electron chi connectivity index (χ1n) is 5.79. The van der Waals surface area contributed by atoms with Gasteiger partial charge in [-0.05, 0) is 6.92 Å². The Labute approximate surface area is 120 Å². The van der Waals surface area contributed by atoms with Gasteiger partial charge in [0.2, 0.25) is 0 Å². The Kier molecular flexibility index (Phi) is 4.71. The number of hydrogen-bond donors (Lipinski definition) is 1. The van der Waals surface area contributed by atoms with Gasteiger partial charge < -0.3 is 5.11 Å². The Morgan fingerprint density at radius 1 is 0.909 bits per heavy atom. The van der Waals surface area contributed by atoms with Crippen LogP contribution in [0.5, 0.6) is 0 Å². The largest absolute Gasteiger partial charge is 0.426 e. The molecule has 0 unspecified atom stereocenters. The lowest BCUT2D eigenvalue weighted by Crippen LogP contribution is -2.57. The van der Waals surface area contributed by atoms with Crippen LogP contribution in [0.15, 0.2) is 24.3 Å². The van der Waals surface area contributed by atoms with Crippen molar-refractivity contribution in [3.63, 3.8) is 0 Å². The average molecular weight is 328 g/mol. The van der Waals surface area contributed by atoms with Crippen molar-refractivity contribution in [3.8, 4) is 0 Å². The zero-order chi connectivity index (χ0) is 17.3. The second-order valence-corrected chi connectivity index (χ2v) is 4.59. The summed E-state index contributed by atoms with van der Waals surface area (Å²) in [7, 11) is 0. The predicted octanol–water partition coefficient (Wildman–Crippen LogP) is 3.32. The number of hydrogen-bond acceptors (Lipinski definition) is 3. The minimum Gasteiger partial charge on any atom is -0.373 e. The Bertz CT molecular complexity index is 557. The van der Waals surface area contributed by atoms with Gasteiger partial charge in [0.1, 0.15) is 0 Å². The molecule has 1 aromatic carbocycles. The fraction of sp³-hybridized carbons (Fsp3) is 0.385. The van der Waals surface area contributed by atoms with E-state index in [9.17, 15) is 35.9 Å². The van der Waals surface area contributed by atoms with Gasteiger partial charge in [-0.25, -0.2) is 0 Å². The van der Waals surface area contributed by atoms with Crippen LogP contribution in [0.2, 0.25) is 0 Å². The summed E-state index contributed by atoms with van der Waals surface area (Å²) in [4.78, 5) is 22.6. The van der Waals surface area contributed by atoms with Crippen molar-refractivity contribution in [2.45, 2.75) is 31.3 Å². The number of carbonyl (C=O) groups is 2. The highest BCUT2D eigenvalue weighted by Gasteiger charge is 2.70. The van der Waals surface area contributed by atoms with Gasteiger partial charge >= 0.3 is 12.4 Å². The number of halogens is 6. The number of Topliss-reactive ketones (excluding diaryl/α,β-unsaturated/α-hetero) is 2. The van der Waals surface area contributed by atoms with Crippen molar-refractivity contribution in [1.29, 1.82) is 0 Å². The van der Waals surface area contributed by atoms with Crippen molar-refractivity contribution >= 4 is 11.6 Å². The molecule has 0 aliphatic heterocycles. The average Bonchev–Trinajstić information content (AvgIpc) is 2.36. The van der Waals surface area contributed by atoms with Crippen LogP contribution in [0.1, 0.15) is 34.1 Å². The first-order chi connectivity index (χ1) is 9.79. The van der Waals surface area contributed by atoms with E-state index in [1.807, 2.05) is 0 Å². The SMILES string of the molecule is CC(=O)c1ccc(C(=O)CC(O)(C(F)(F)F)C(F)(F)F)cc1. The highest BCUT2D eigenvalue weighted by molar-refractivity contribution is 5.99. The summed E-state index contributed by atoms with van der Waals surface area (Å²) in [5, 5.41) is 8.93. The van der Waals surface area contributed by atoms with E-state index in [0.717, 1.165) is 24.3 Å². The fourth-order valence-corrected chi connectivity index (χ4v) is 1.59. The molecule has 0 fully saturated rings. The Hall–Kier alpha value is -1.90. The molecule has 0 atom stereocenters. The summed E-state index contributed by atoms with van der Waals surface area (Å²) in [5.74, 6) is -1.94. The molecular formula is C13H10F6O3. The monoisotopic (exact) mass is 328 g/mol. The molecule has 1 aromatic rings. The Morgan fingerprint density at radius 2 is 1.27 bits per heavy atom. The molecule has 22 heavy (non-hydrogen) atoms. The van der Waals surface area contributed by atoms with Crippen molar-refractivity contribution in [1.82, 2.24) is 0 Å². The zero-order valence-electron chi connectivity index (χ0n) is 11.0. The number of alkyl halides is 6. The van der Waals surface area contributed by atoms with Crippen LogP contribution in [0, 0.1) is 0 Å². The summed E-state index contributed by atoms with van der Waals surface area (Å²) in [6.07, 6.45) is -14.3. The molecule has 0 amide bonds. The van der Waals surface area contributed by atoms with Crippen molar-refractivity contribution in [3.05, 3.63) is 35.4 Å². The number of ketones is 2. The third-order valence-corrected chi connectivity index (χ3v) is 2.97. The molecule has 1 N–H and O–H groups in total. The zero-order valence-corrected chi connectivity index (χ0v) is 11.0. The van der Waals surface area contributed by atoms with Crippen LogP contribution in [0.4, 0.5) is 26.3 Å². The smallest absolute Gasteiger partial charge is 0.373 e. The second kappa shape index (κ2) is 5.71. The summed E-state index contributed by atoms with van der Waals surface area (Å²) < 4.78 is 74.9. The highest BCUT2D eigenvalue weighted by Crippen LogP contribution is 2.45. The first kappa shape index (κ1) is 18.1.